The van der Waals surface area contributed by atoms with Gasteiger partial charge < -0.3 is 41.9 Å². The molecule has 1 saturated carbocycles. The monoisotopic (exact) mass is 615 g/mol. The summed E-state index contributed by atoms with van der Waals surface area (Å²) in [6.45, 7) is 7.28. The second-order valence-electron chi connectivity index (χ2n) is 10.9. The number of nitrogens with two attached hydrogens (primary N) is 2. The quantitative estimate of drug-likeness (QED) is 0.138. The molecule has 0 aliphatic heterocycles. The summed E-state index contributed by atoms with van der Waals surface area (Å²) < 4.78 is 7.20. The number of carbonyl (C=O) groups excluding carboxylic acids is 2. The van der Waals surface area contributed by atoms with Gasteiger partial charge >= 0.3 is 17.9 Å². The van der Waals surface area contributed by atoms with E-state index in [2.05, 4.69) is 25.9 Å². The van der Waals surface area contributed by atoms with E-state index in [0.717, 1.165) is 10.9 Å². The Labute approximate surface area is 250 Å². The molecular weight excluding hydrogens is 578 g/mol. The van der Waals surface area contributed by atoms with E-state index in [1.165, 1.54) is 23.9 Å². The smallest absolute Gasteiger partial charge is 0.404 e. The van der Waals surface area contributed by atoms with Crippen molar-refractivity contribution in [1.29, 1.82) is 0 Å². The van der Waals surface area contributed by atoms with E-state index in [9.17, 15) is 34.8 Å². The summed E-state index contributed by atoms with van der Waals surface area (Å²) >= 11 is 0. The SMILES string of the molecule is CCC(C)(C(N)=O)n1nc(C)c2c(C)cc(Nc3cc4c(cn3)n(C(O)(O)O)c(=O)n4C3CCC(O)C3)nc21.COC(N)=O. The van der Waals surface area contributed by atoms with Crippen LogP contribution in [0.3, 0.4) is 0 Å². The number of amides is 2. The van der Waals surface area contributed by atoms with Gasteiger partial charge in [0.15, 0.2) is 5.65 Å². The van der Waals surface area contributed by atoms with Crippen LogP contribution >= 0.6 is 0 Å². The molecule has 0 spiro atoms. The molecule has 3 atom stereocenters. The zero-order valence-electron chi connectivity index (χ0n) is 25.0. The van der Waals surface area contributed by atoms with Crippen molar-refractivity contribution < 1.29 is 34.8 Å². The second kappa shape index (κ2) is 11.8. The molecule has 3 unspecified atom stereocenters. The van der Waals surface area contributed by atoms with Crippen LogP contribution in [0.15, 0.2) is 23.1 Å². The number of carbonyl (C=O) groups is 2. The van der Waals surface area contributed by atoms with Gasteiger partial charge in [-0.1, -0.05) is 6.92 Å². The number of nitrogens with zero attached hydrogens (tertiary/aromatic N) is 6. The van der Waals surface area contributed by atoms with Gasteiger partial charge in [-0.15, -0.1) is 0 Å². The summed E-state index contributed by atoms with van der Waals surface area (Å²) in [5.74, 6) is 0.140. The second-order valence-corrected chi connectivity index (χ2v) is 10.9. The molecule has 0 aromatic carbocycles. The molecule has 0 radical (unpaired) electrons. The number of ether oxygens (including phenoxy) is 1. The minimum atomic E-state index is -3.44. The predicted octanol–water partition coefficient (Wildman–Crippen LogP) is 0.256. The predicted molar refractivity (Wildman–Crippen MR) is 158 cm³/mol. The van der Waals surface area contributed by atoms with Gasteiger partial charge in [-0.25, -0.2) is 28.8 Å². The number of fused-ring (bicyclic) bond motifs is 2. The van der Waals surface area contributed by atoms with Gasteiger partial charge in [0.25, 0.3) is 0 Å². The van der Waals surface area contributed by atoms with Crippen LogP contribution in [0.1, 0.15) is 56.8 Å². The third-order valence-electron chi connectivity index (χ3n) is 7.96. The first-order chi connectivity index (χ1) is 20.5. The maximum Gasteiger partial charge on any atom is 0.404 e. The Morgan fingerprint density at radius 3 is 2.32 bits per heavy atom. The van der Waals surface area contributed by atoms with Crippen LogP contribution < -0.4 is 22.5 Å². The summed E-state index contributed by atoms with van der Waals surface area (Å²) in [7, 11) is 1.22. The van der Waals surface area contributed by atoms with Crippen LogP contribution in [0.5, 0.6) is 0 Å². The summed E-state index contributed by atoms with van der Waals surface area (Å²) in [5.41, 5.74) is 10.5. The van der Waals surface area contributed by atoms with Crippen molar-refractivity contribution in [2.45, 2.75) is 77.2 Å². The Balaban J connectivity index is 0.000000818. The lowest BCUT2D eigenvalue weighted by Gasteiger charge is -2.25. The van der Waals surface area contributed by atoms with Gasteiger partial charge in [-0.2, -0.15) is 5.10 Å². The molecule has 1 aliphatic carbocycles. The van der Waals surface area contributed by atoms with Crippen LogP contribution in [0.25, 0.3) is 22.1 Å². The molecule has 4 aromatic rings. The molecule has 17 nitrogen and oxygen atoms in total. The number of aromatic nitrogens is 6. The number of primary amides is 2. The lowest BCUT2D eigenvalue weighted by molar-refractivity contribution is -0.374. The van der Waals surface area contributed by atoms with Gasteiger partial charge in [0.1, 0.15) is 17.2 Å². The highest BCUT2D eigenvalue weighted by Gasteiger charge is 2.36. The lowest BCUT2D eigenvalue weighted by Crippen LogP contribution is -2.44. The maximum atomic E-state index is 13.2. The third kappa shape index (κ3) is 5.81. The van der Waals surface area contributed by atoms with Gasteiger partial charge in [0.05, 0.1) is 36.1 Å². The molecule has 9 N–H and O–H groups in total. The van der Waals surface area contributed by atoms with Crippen molar-refractivity contribution in [3.05, 3.63) is 40.1 Å². The number of pyridine rings is 2. The summed E-state index contributed by atoms with van der Waals surface area (Å²) in [6.07, 6.45) is -1.86. The molecular formula is C27H37N9O8. The van der Waals surface area contributed by atoms with Gasteiger partial charge in [-0.3, -0.25) is 9.36 Å². The highest BCUT2D eigenvalue weighted by atomic mass is 16.7. The first-order valence-electron chi connectivity index (χ1n) is 13.8. The maximum absolute atomic E-state index is 13.2. The zero-order valence-corrected chi connectivity index (χ0v) is 25.0. The molecule has 2 amide bonds. The molecule has 1 fully saturated rings. The molecule has 238 valence electrons. The van der Waals surface area contributed by atoms with E-state index >= 15 is 0 Å². The normalized spacial score (nSPS) is 18.1. The van der Waals surface area contributed by atoms with Crippen LogP contribution in [0.2, 0.25) is 0 Å². The van der Waals surface area contributed by atoms with Gasteiger partial charge in [-0.05, 0) is 58.1 Å². The van der Waals surface area contributed by atoms with E-state index in [1.54, 1.807) is 17.7 Å². The van der Waals surface area contributed by atoms with Gasteiger partial charge in [0.2, 0.25) is 5.91 Å². The number of aryl methyl sites for hydroxylation is 2. The third-order valence-corrected chi connectivity index (χ3v) is 7.96. The standard InChI is InChI=1S/C25H32N8O6.C2H5NO2/c1-5-24(4,22(26)35)33-21-20(13(3)30-33)12(2)8-19(29-21)28-18-10-16-17(11-27-18)32(25(37,38)39)23(36)31(16)14-6-7-15(34)9-14;1-5-2(3)4/h8,10-11,14-15,34,37-39H,5-7,9H2,1-4H3,(H2,26,35)(H,27,28,29);1H3,(H2,3,4). The van der Waals surface area contributed by atoms with Crippen LogP contribution in [0, 0.1) is 13.8 Å². The Bertz CT molecular complexity index is 1790. The van der Waals surface area contributed by atoms with Crippen molar-refractivity contribution in [3.8, 4) is 0 Å². The number of hydrogen-bond acceptors (Lipinski definition) is 12. The van der Waals surface area contributed by atoms with Crippen LogP contribution in [-0.2, 0) is 21.2 Å². The Kier molecular flexibility index (Phi) is 8.70. The van der Waals surface area contributed by atoms with Crippen molar-refractivity contribution in [3.63, 3.8) is 0 Å². The van der Waals surface area contributed by atoms with Crippen LogP contribution in [-0.4, -0.2) is 74.5 Å². The van der Waals surface area contributed by atoms with E-state index < -0.39 is 41.5 Å². The fraction of sp³-hybridized carbons (Fsp3) is 0.481. The number of nitrogens with one attached hydrogen (secondary N) is 1. The minimum Gasteiger partial charge on any atom is -0.453 e. The Hall–Kier alpha value is -4.58. The summed E-state index contributed by atoms with van der Waals surface area (Å²) in [5, 5.41) is 48.2. The molecule has 4 heterocycles. The molecule has 1 aliphatic rings. The lowest BCUT2D eigenvalue weighted by atomic mass is 9.98. The zero-order chi connectivity index (χ0) is 32.7. The van der Waals surface area contributed by atoms with Gasteiger partial charge in [0, 0.05) is 17.5 Å². The highest BCUT2D eigenvalue weighted by Crippen LogP contribution is 2.34. The number of methoxy groups -OCH3 is 1. The van der Waals surface area contributed by atoms with E-state index in [1.807, 2.05) is 20.8 Å². The topological polar surface area (TPSA) is 259 Å². The molecule has 4 aromatic heterocycles. The number of rotatable bonds is 7. The van der Waals surface area contributed by atoms with Crippen molar-refractivity contribution in [2.75, 3.05) is 12.4 Å². The van der Waals surface area contributed by atoms with Crippen LogP contribution in [0.4, 0.5) is 16.4 Å². The molecule has 5 rings (SSSR count). The number of hydrogen-bond donors (Lipinski definition) is 7. The number of aliphatic hydroxyl groups excluding tert-OH is 1. The molecule has 0 saturated heterocycles. The number of aliphatic hydroxyl groups is 4. The van der Waals surface area contributed by atoms with E-state index in [0.29, 0.717) is 47.4 Å². The minimum absolute atomic E-state index is 0.00657. The highest BCUT2D eigenvalue weighted by molar-refractivity contribution is 5.89. The molecule has 0 bridgehead atoms. The average Bonchev–Trinajstić information content (AvgIpc) is 3.60. The fourth-order valence-electron chi connectivity index (χ4n) is 5.47. The molecule has 44 heavy (non-hydrogen) atoms. The Morgan fingerprint density at radius 1 is 1.14 bits per heavy atom. The van der Waals surface area contributed by atoms with Crippen molar-refractivity contribution in [1.82, 2.24) is 28.9 Å². The van der Waals surface area contributed by atoms with Crippen molar-refractivity contribution in [2.24, 2.45) is 11.5 Å². The number of anilines is 2. The summed E-state index contributed by atoms with van der Waals surface area (Å²) in [4.78, 5) is 43.9. The van der Waals surface area contributed by atoms with E-state index in [-0.39, 0.29) is 16.9 Å². The average molecular weight is 616 g/mol. The van der Waals surface area contributed by atoms with E-state index in [4.69, 9.17) is 10.7 Å². The first-order valence-corrected chi connectivity index (χ1v) is 13.8. The number of imidazole rings is 1. The summed E-state index contributed by atoms with van der Waals surface area (Å²) in [6, 6.07) is 2.92. The largest absolute Gasteiger partial charge is 0.453 e. The van der Waals surface area contributed by atoms with Crippen molar-refractivity contribution >= 4 is 45.7 Å². The first kappa shape index (κ1) is 32.3. The Morgan fingerprint density at radius 2 is 1.80 bits per heavy atom. The molecule has 17 heteroatoms. The fourth-order valence-corrected chi connectivity index (χ4v) is 5.47.